The molecule has 0 bridgehead atoms. The monoisotopic (exact) mass is 315 g/mol. The Morgan fingerprint density at radius 3 is 2.45 bits per heavy atom. The Bertz CT molecular complexity index is 1070. The lowest BCUT2D eigenvalue weighted by Crippen LogP contribution is -2.16. The van der Waals surface area contributed by atoms with Crippen LogP contribution in [0.1, 0.15) is 5.56 Å². The van der Waals surface area contributed by atoms with Gasteiger partial charge in [-0.2, -0.15) is 13.7 Å². The minimum Gasteiger partial charge on any atom is -0.323 e. The zero-order valence-corrected chi connectivity index (χ0v) is 11.8. The standard InChI is InChI=1S/C14H9N3O4S/c15-8-10-5-11-9(6-12(10)17-3-1-2-4-17)7-13(14(18)16-11)22(19,20)21/h1-7H,(H,16,18)(H,19,20,21). The van der Waals surface area contributed by atoms with E-state index in [2.05, 4.69) is 4.98 Å². The first-order chi connectivity index (χ1) is 10.4. The van der Waals surface area contributed by atoms with Crippen LogP contribution in [0.5, 0.6) is 0 Å². The van der Waals surface area contributed by atoms with Crippen molar-refractivity contribution in [3.8, 4) is 11.8 Å². The Morgan fingerprint density at radius 2 is 1.86 bits per heavy atom. The second-order valence-corrected chi connectivity index (χ2v) is 5.99. The first-order valence-electron chi connectivity index (χ1n) is 6.12. The van der Waals surface area contributed by atoms with Gasteiger partial charge < -0.3 is 9.55 Å². The van der Waals surface area contributed by atoms with Crippen molar-refractivity contribution in [1.29, 1.82) is 5.26 Å². The van der Waals surface area contributed by atoms with E-state index in [4.69, 9.17) is 4.55 Å². The number of aromatic nitrogens is 2. The van der Waals surface area contributed by atoms with Crippen molar-refractivity contribution in [1.82, 2.24) is 9.55 Å². The molecule has 0 saturated carbocycles. The van der Waals surface area contributed by atoms with Gasteiger partial charge in [0.05, 0.1) is 11.3 Å². The van der Waals surface area contributed by atoms with Crippen molar-refractivity contribution in [2.75, 3.05) is 0 Å². The maximum atomic E-state index is 11.7. The lowest BCUT2D eigenvalue weighted by Gasteiger charge is -2.08. The van der Waals surface area contributed by atoms with Gasteiger partial charge in [0.2, 0.25) is 0 Å². The summed E-state index contributed by atoms with van der Waals surface area (Å²) >= 11 is 0. The second-order valence-electron chi connectivity index (χ2n) is 4.60. The molecule has 0 spiro atoms. The summed E-state index contributed by atoms with van der Waals surface area (Å²) in [5.74, 6) is 0. The molecule has 1 aromatic carbocycles. The van der Waals surface area contributed by atoms with E-state index in [1.807, 2.05) is 6.07 Å². The van der Waals surface area contributed by atoms with Gasteiger partial charge in [-0.25, -0.2) is 0 Å². The van der Waals surface area contributed by atoms with E-state index < -0.39 is 20.6 Å². The van der Waals surface area contributed by atoms with Gasteiger partial charge in [0.15, 0.2) is 4.90 Å². The predicted octanol–water partition coefficient (Wildman–Crippen LogP) is 1.44. The van der Waals surface area contributed by atoms with Gasteiger partial charge in [-0.3, -0.25) is 9.35 Å². The molecule has 0 saturated heterocycles. The molecule has 0 fully saturated rings. The van der Waals surface area contributed by atoms with Crippen molar-refractivity contribution < 1.29 is 13.0 Å². The van der Waals surface area contributed by atoms with Crippen LogP contribution < -0.4 is 5.56 Å². The molecule has 7 nitrogen and oxygen atoms in total. The SMILES string of the molecule is N#Cc1cc2[nH]c(=O)c(S(=O)(=O)O)cc2cc1-n1cccc1. The fourth-order valence-electron chi connectivity index (χ4n) is 2.21. The van der Waals surface area contributed by atoms with Crippen LogP contribution in [0.3, 0.4) is 0 Å². The van der Waals surface area contributed by atoms with E-state index in [0.29, 0.717) is 22.2 Å². The Balaban J connectivity index is 2.39. The largest absolute Gasteiger partial charge is 0.323 e. The Hall–Kier alpha value is -2.89. The molecule has 110 valence electrons. The van der Waals surface area contributed by atoms with Gasteiger partial charge in [0, 0.05) is 23.3 Å². The van der Waals surface area contributed by atoms with Crippen LogP contribution in [0.15, 0.2) is 52.4 Å². The maximum absolute atomic E-state index is 11.7. The zero-order chi connectivity index (χ0) is 15.9. The average molecular weight is 315 g/mol. The van der Waals surface area contributed by atoms with Crippen LogP contribution in [0.2, 0.25) is 0 Å². The molecular weight excluding hydrogens is 306 g/mol. The Morgan fingerprint density at radius 1 is 1.18 bits per heavy atom. The minimum absolute atomic E-state index is 0.310. The number of nitrogens with zero attached hydrogens (tertiary/aromatic N) is 2. The quantitative estimate of drug-likeness (QED) is 0.694. The number of nitriles is 1. The molecule has 0 aliphatic carbocycles. The van der Waals surface area contributed by atoms with E-state index >= 15 is 0 Å². The third kappa shape index (κ3) is 2.28. The molecule has 0 aliphatic rings. The highest BCUT2D eigenvalue weighted by Gasteiger charge is 2.17. The highest BCUT2D eigenvalue weighted by molar-refractivity contribution is 7.85. The molecule has 0 atom stereocenters. The zero-order valence-electron chi connectivity index (χ0n) is 11.0. The normalized spacial score (nSPS) is 11.5. The number of H-pyrrole nitrogens is 1. The van der Waals surface area contributed by atoms with E-state index in [0.717, 1.165) is 6.07 Å². The van der Waals surface area contributed by atoms with Gasteiger partial charge in [-0.15, -0.1) is 0 Å². The molecule has 0 unspecified atom stereocenters. The van der Waals surface area contributed by atoms with Crippen LogP contribution in [0.4, 0.5) is 0 Å². The molecule has 3 rings (SSSR count). The fourth-order valence-corrected chi connectivity index (χ4v) is 2.77. The molecule has 8 heteroatoms. The molecule has 2 N–H and O–H groups in total. The smallest absolute Gasteiger partial charge is 0.300 e. The molecule has 22 heavy (non-hydrogen) atoms. The summed E-state index contributed by atoms with van der Waals surface area (Å²) in [6.07, 6.45) is 3.47. The lowest BCUT2D eigenvalue weighted by molar-refractivity contribution is 0.482. The Kier molecular flexibility index (Phi) is 3.09. The van der Waals surface area contributed by atoms with E-state index in [1.165, 1.54) is 6.07 Å². The van der Waals surface area contributed by atoms with Gasteiger partial charge in [0.25, 0.3) is 15.7 Å². The Labute approximate surface area is 124 Å². The topological polar surface area (TPSA) is 116 Å². The fraction of sp³-hybridized carbons (Fsp3) is 0. The van der Waals surface area contributed by atoms with Crippen molar-refractivity contribution in [2.24, 2.45) is 0 Å². The number of benzene rings is 1. The summed E-state index contributed by atoms with van der Waals surface area (Å²) in [6, 6.07) is 9.70. The van der Waals surface area contributed by atoms with Crippen molar-refractivity contribution in [3.05, 3.63) is 58.6 Å². The molecule has 2 aromatic heterocycles. The predicted molar refractivity (Wildman–Crippen MR) is 78.4 cm³/mol. The van der Waals surface area contributed by atoms with Crippen molar-refractivity contribution in [2.45, 2.75) is 4.90 Å². The van der Waals surface area contributed by atoms with Gasteiger partial charge in [-0.05, 0) is 30.3 Å². The summed E-state index contributed by atoms with van der Waals surface area (Å²) in [4.78, 5) is 13.3. The molecular formula is C14H9N3O4S. The highest BCUT2D eigenvalue weighted by Crippen LogP contribution is 2.22. The number of nitrogens with one attached hydrogen (secondary N) is 1. The third-order valence-corrected chi connectivity index (χ3v) is 4.07. The van der Waals surface area contributed by atoms with E-state index in [-0.39, 0.29) is 0 Å². The number of hydrogen-bond donors (Lipinski definition) is 2. The minimum atomic E-state index is -4.62. The van der Waals surface area contributed by atoms with E-state index in [1.54, 1.807) is 35.2 Å². The summed E-state index contributed by atoms with van der Waals surface area (Å²) in [7, 11) is -4.62. The number of hydrogen-bond acceptors (Lipinski definition) is 4. The van der Waals surface area contributed by atoms with Gasteiger partial charge in [0.1, 0.15) is 6.07 Å². The number of rotatable bonds is 2. The van der Waals surface area contributed by atoms with Crippen LogP contribution >= 0.6 is 0 Å². The number of aromatic amines is 1. The lowest BCUT2D eigenvalue weighted by atomic mass is 10.1. The van der Waals surface area contributed by atoms with Crippen molar-refractivity contribution in [3.63, 3.8) is 0 Å². The van der Waals surface area contributed by atoms with Gasteiger partial charge >= 0.3 is 0 Å². The molecule has 3 aromatic rings. The van der Waals surface area contributed by atoms with E-state index in [9.17, 15) is 18.5 Å². The average Bonchev–Trinajstić information content (AvgIpc) is 2.98. The highest BCUT2D eigenvalue weighted by atomic mass is 32.2. The first kappa shape index (κ1) is 14.1. The summed E-state index contributed by atoms with van der Waals surface area (Å²) in [5.41, 5.74) is 0.227. The molecule has 0 radical (unpaired) electrons. The second kappa shape index (κ2) is 4.84. The summed E-state index contributed by atoms with van der Waals surface area (Å²) in [5, 5.41) is 9.62. The van der Waals surface area contributed by atoms with Crippen LogP contribution in [-0.4, -0.2) is 22.5 Å². The van der Waals surface area contributed by atoms with Crippen LogP contribution in [-0.2, 0) is 10.1 Å². The molecule has 0 aliphatic heterocycles. The van der Waals surface area contributed by atoms with Crippen molar-refractivity contribution >= 4 is 21.0 Å². The third-order valence-electron chi connectivity index (χ3n) is 3.21. The number of pyridine rings is 1. The summed E-state index contributed by atoms with van der Waals surface area (Å²) in [6.45, 7) is 0. The van der Waals surface area contributed by atoms with Crippen LogP contribution in [0.25, 0.3) is 16.6 Å². The molecule has 2 heterocycles. The number of fused-ring (bicyclic) bond motifs is 1. The van der Waals surface area contributed by atoms with Gasteiger partial charge in [-0.1, -0.05) is 0 Å². The van der Waals surface area contributed by atoms with Crippen LogP contribution in [0, 0.1) is 11.3 Å². The first-order valence-corrected chi connectivity index (χ1v) is 7.56. The maximum Gasteiger partial charge on any atom is 0.300 e. The summed E-state index contributed by atoms with van der Waals surface area (Å²) < 4.78 is 33.2. The molecule has 0 amide bonds.